The van der Waals surface area contributed by atoms with Crippen molar-refractivity contribution in [1.29, 1.82) is 0 Å². The van der Waals surface area contributed by atoms with E-state index >= 15 is 0 Å². The Kier molecular flexibility index (Phi) is 3.93. The van der Waals surface area contributed by atoms with Crippen molar-refractivity contribution < 1.29 is 4.79 Å². The van der Waals surface area contributed by atoms with Crippen LogP contribution in [-0.4, -0.2) is 58.0 Å². The molecule has 142 valence electrons. The van der Waals surface area contributed by atoms with Gasteiger partial charge in [-0.2, -0.15) is 0 Å². The highest BCUT2D eigenvalue weighted by Gasteiger charge is 2.58. The first-order valence-electron chi connectivity index (χ1n) is 10.6. The summed E-state index contributed by atoms with van der Waals surface area (Å²) in [5.41, 5.74) is 0.915. The standard InChI is InChI=1S/C21H32N4O/c1-15(2)25-12-19(22-14-25)18-11-23(9-16-3-4-16)13-21(18)7-8-24(20(21)26)10-17-5-6-17/h12,14-18H,3-11,13H2,1-2H3/t18-,21+/m1/s1. The minimum Gasteiger partial charge on any atom is -0.342 e. The maximum Gasteiger partial charge on any atom is 0.230 e. The molecule has 2 saturated carbocycles. The number of carbonyl (C=O) groups excluding carboxylic acids is 1. The minimum atomic E-state index is -0.222. The highest BCUT2D eigenvalue weighted by Crippen LogP contribution is 2.51. The van der Waals surface area contributed by atoms with Crippen LogP contribution in [0.15, 0.2) is 12.5 Å². The lowest BCUT2D eigenvalue weighted by molar-refractivity contribution is -0.136. The van der Waals surface area contributed by atoms with Crippen molar-refractivity contribution >= 4 is 5.91 Å². The van der Waals surface area contributed by atoms with E-state index in [2.05, 4.69) is 34.4 Å². The van der Waals surface area contributed by atoms with Gasteiger partial charge in [0.15, 0.2) is 0 Å². The summed E-state index contributed by atoms with van der Waals surface area (Å²) in [7, 11) is 0. The average Bonchev–Trinajstić information content (AvgIpc) is 3.49. The molecule has 4 aliphatic rings. The SMILES string of the molecule is CC(C)n1cnc([C@H]2CN(CC3CC3)C[C@@]23CCN(CC2CC2)C3=O)c1. The van der Waals surface area contributed by atoms with Crippen molar-refractivity contribution in [2.45, 2.75) is 57.9 Å². The van der Waals surface area contributed by atoms with E-state index in [0.29, 0.717) is 11.9 Å². The fourth-order valence-corrected chi connectivity index (χ4v) is 5.12. The third kappa shape index (κ3) is 2.88. The minimum absolute atomic E-state index is 0.222. The Labute approximate surface area is 156 Å². The monoisotopic (exact) mass is 356 g/mol. The van der Waals surface area contributed by atoms with E-state index in [0.717, 1.165) is 50.1 Å². The number of hydrogen-bond donors (Lipinski definition) is 0. The molecule has 2 atom stereocenters. The van der Waals surface area contributed by atoms with Crippen LogP contribution >= 0.6 is 0 Å². The van der Waals surface area contributed by atoms with Crippen LogP contribution in [0.2, 0.25) is 0 Å². The van der Waals surface area contributed by atoms with Crippen LogP contribution in [0.4, 0.5) is 0 Å². The van der Waals surface area contributed by atoms with Gasteiger partial charge in [0.1, 0.15) is 0 Å². The summed E-state index contributed by atoms with van der Waals surface area (Å²) in [5.74, 6) is 2.33. The van der Waals surface area contributed by atoms with E-state index in [4.69, 9.17) is 4.98 Å². The highest BCUT2D eigenvalue weighted by molar-refractivity contribution is 5.86. The molecule has 1 aromatic heterocycles. The summed E-state index contributed by atoms with van der Waals surface area (Å²) in [5, 5.41) is 0. The molecule has 1 amide bonds. The third-order valence-corrected chi connectivity index (χ3v) is 7.12. The second-order valence-corrected chi connectivity index (χ2v) is 9.63. The largest absolute Gasteiger partial charge is 0.342 e. The quantitative estimate of drug-likeness (QED) is 0.787. The maximum atomic E-state index is 13.5. The van der Waals surface area contributed by atoms with Crippen molar-refractivity contribution in [2.75, 3.05) is 32.7 Å². The molecule has 5 rings (SSSR count). The van der Waals surface area contributed by atoms with Gasteiger partial charge in [0.2, 0.25) is 5.91 Å². The molecule has 0 unspecified atom stereocenters. The molecule has 2 saturated heterocycles. The van der Waals surface area contributed by atoms with Gasteiger partial charge in [0.05, 0.1) is 17.4 Å². The van der Waals surface area contributed by atoms with Crippen molar-refractivity contribution in [3.05, 3.63) is 18.2 Å². The van der Waals surface area contributed by atoms with Crippen LogP contribution in [0, 0.1) is 17.3 Å². The highest BCUT2D eigenvalue weighted by atomic mass is 16.2. The lowest BCUT2D eigenvalue weighted by atomic mass is 9.75. The van der Waals surface area contributed by atoms with Crippen LogP contribution < -0.4 is 0 Å². The van der Waals surface area contributed by atoms with E-state index in [-0.39, 0.29) is 11.3 Å². The molecule has 26 heavy (non-hydrogen) atoms. The van der Waals surface area contributed by atoms with E-state index in [1.807, 2.05) is 6.33 Å². The number of amides is 1. The van der Waals surface area contributed by atoms with Crippen molar-refractivity contribution in [3.63, 3.8) is 0 Å². The number of rotatable bonds is 6. The van der Waals surface area contributed by atoms with Gasteiger partial charge in [-0.05, 0) is 57.8 Å². The van der Waals surface area contributed by atoms with Gasteiger partial charge in [-0.15, -0.1) is 0 Å². The molecular formula is C21H32N4O. The summed E-state index contributed by atoms with van der Waals surface area (Å²) in [6, 6.07) is 0.418. The molecule has 0 bridgehead atoms. The summed E-state index contributed by atoms with van der Waals surface area (Å²) in [4.78, 5) is 23.1. The first kappa shape index (κ1) is 16.8. The lowest BCUT2D eigenvalue weighted by Crippen LogP contribution is -2.40. The van der Waals surface area contributed by atoms with Crippen LogP contribution in [-0.2, 0) is 4.79 Å². The van der Waals surface area contributed by atoms with Crippen molar-refractivity contribution in [1.82, 2.24) is 19.4 Å². The second kappa shape index (κ2) is 6.08. The zero-order chi connectivity index (χ0) is 17.9. The molecule has 1 spiro atoms. The molecule has 5 nitrogen and oxygen atoms in total. The summed E-state index contributed by atoms with van der Waals surface area (Å²) in [6.07, 6.45) is 10.5. The van der Waals surface area contributed by atoms with Gasteiger partial charge in [-0.3, -0.25) is 4.79 Å². The molecule has 0 N–H and O–H groups in total. The number of aromatic nitrogens is 2. The van der Waals surface area contributed by atoms with E-state index in [1.165, 1.54) is 32.2 Å². The molecule has 0 radical (unpaired) electrons. The molecular weight excluding hydrogens is 324 g/mol. The smallest absolute Gasteiger partial charge is 0.230 e. The Hall–Kier alpha value is -1.36. The zero-order valence-corrected chi connectivity index (χ0v) is 16.2. The van der Waals surface area contributed by atoms with Crippen LogP contribution in [0.3, 0.4) is 0 Å². The summed E-state index contributed by atoms with van der Waals surface area (Å²) >= 11 is 0. The van der Waals surface area contributed by atoms with Gasteiger partial charge in [0, 0.05) is 50.9 Å². The third-order valence-electron chi connectivity index (χ3n) is 7.12. The number of likely N-dealkylation sites (tertiary alicyclic amines) is 2. The molecule has 2 aliphatic heterocycles. The Morgan fingerprint density at radius 2 is 1.92 bits per heavy atom. The Balaban J connectivity index is 1.42. The molecule has 2 aliphatic carbocycles. The molecule has 1 aromatic rings. The topological polar surface area (TPSA) is 41.4 Å². The fraction of sp³-hybridized carbons (Fsp3) is 0.810. The van der Waals surface area contributed by atoms with Gasteiger partial charge in [-0.1, -0.05) is 0 Å². The first-order chi connectivity index (χ1) is 12.5. The van der Waals surface area contributed by atoms with Crippen molar-refractivity contribution in [2.24, 2.45) is 17.3 Å². The zero-order valence-electron chi connectivity index (χ0n) is 16.2. The number of imidazole rings is 1. The van der Waals surface area contributed by atoms with Gasteiger partial charge >= 0.3 is 0 Å². The average molecular weight is 357 g/mol. The van der Waals surface area contributed by atoms with Gasteiger partial charge < -0.3 is 14.4 Å². The Morgan fingerprint density at radius 1 is 1.19 bits per heavy atom. The number of nitrogens with zero attached hydrogens (tertiary/aromatic N) is 4. The van der Waals surface area contributed by atoms with Gasteiger partial charge in [-0.25, -0.2) is 4.98 Å². The van der Waals surface area contributed by atoms with E-state index in [1.54, 1.807) is 0 Å². The molecule has 0 aromatic carbocycles. The van der Waals surface area contributed by atoms with Crippen LogP contribution in [0.1, 0.15) is 63.6 Å². The van der Waals surface area contributed by atoms with Gasteiger partial charge in [0.25, 0.3) is 0 Å². The number of hydrogen-bond acceptors (Lipinski definition) is 3. The lowest BCUT2D eigenvalue weighted by Gasteiger charge is -2.28. The van der Waals surface area contributed by atoms with Crippen molar-refractivity contribution in [3.8, 4) is 0 Å². The Morgan fingerprint density at radius 3 is 2.58 bits per heavy atom. The van der Waals surface area contributed by atoms with Crippen LogP contribution in [0.5, 0.6) is 0 Å². The molecule has 4 fully saturated rings. The van der Waals surface area contributed by atoms with E-state index in [9.17, 15) is 4.79 Å². The molecule has 3 heterocycles. The first-order valence-corrected chi connectivity index (χ1v) is 10.6. The Bertz CT molecular complexity index is 690. The predicted molar refractivity (Wildman–Crippen MR) is 101 cm³/mol. The second-order valence-electron chi connectivity index (χ2n) is 9.63. The summed E-state index contributed by atoms with van der Waals surface area (Å²) < 4.78 is 2.19. The van der Waals surface area contributed by atoms with Crippen LogP contribution in [0.25, 0.3) is 0 Å². The molecule has 5 heteroatoms. The maximum absolute atomic E-state index is 13.5. The van der Waals surface area contributed by atoms with E-state index < -0.39 is 0 Å². The normalized spacial score (nSPS) is 32.5. The fourth-order valence-electron chi connectivity index (χ4n) is 5.12. The predicted octanol–water partition coefficient (Wildman–Crippen LogP) is 2.90. The number of carbonyl (C=O) groups is 1. The summed E-state index contributed by atoms with van der Waals surface area (Å²) in [6.45, 7) is 9.46.